The van der Waals surface area contributed by atoms with Crippen molar-refractivity contribution in [3.63, 3.8) is 0 Å². The molecule has 23 heavy (non-hydrogen) atoms. The minimum Gasteiger partial charge on any atom is -0.324 e. The minimum atomic E-state index is -0.0515. The molecule has 3 rings (SSSR count). The molecule has 2 amide bonds. The lowest BCUT2D eigenvalue weighted by Crippen LogP contribution is -2.40. The molecule has 5 heteroatoms. The van der Waals surface area contributed by atoms with Crippen LogP contribution in [0.3, 0.4) is 0 Å². The number of piperidine rings is 1. The number of urea groups is 1. The zero-order valence-electron chi connectivity index (χ0n) is 13.6. The predicted octanol–water partition coefficient (Wildman–Crippen LogP) is 3.50. The van der Waals surface area contributed by atoms with Gasteiger partial charge in [-0.05, 0) is 49.8 Å². The number of aromatic nitrogens is 2. The van der Waals surface area contributed by atoms with Crippen LogP contribution < -0.4 is 5.32 Å². The third-order valence-electron chi connectivity index (χ3n) is 4.56. The first-order valence-electron chi connectivity index (χ1n) is 8.05. The van der Waals surface area contributed by atoms with Crippen molar-refractivity contribution < 1.29 is 4.79 Å². The zero-order chi connectivity index (χ0) is 16.2. The Morgan fingerprint density at radius 3 is 2.61 bits per heavy atom. The Balaban J connectivity index is 1.60. The fourth-order valence-electron chi connectivity index (χ4n) is 3.17. The highest BCUT2D eigenvalue weighted by molar-refractivity contribution is 5.89. The Labute approximate surface area is 136 Å². The van der Waals surface area contributed by atoms with Gasteiger partial charge in [0.05, 0.1) is 17.6 Å². The van der Waals surface area contributed by atoms with Crippen molar-refractivity contribution in [1.29, 1.82) is 0 Å². The second kappa shape index (κ2) is 6.77. The van der Waals surface area contributed by atoms with E-state index in [9.17, 15) is 4.79 Å². The van der Waals surface area contributed by atoms with E-state index < -0.39 is 0 Å². The van der Waals surface area contributed by atoms with Crippen molar-refractivity contribution in [2.24, 2.45) is 0 Å². The number of rotatable bonds is 2. The molecule has 1 N–H and O–H groups in total. The minimum absolute atomic E-state index is 0.0515. The molecule has 2 aromatic rings. The van der Waals surface area contributed by atoms with Gasteiger partial charge in [-0.2, -0.15) is 10.2 Å². The molecule has 1 fully saturated rings. The van der Waals surface area contributed by atoms with Crippen LogP contribution >= 0.6 is 0 Å². The third-order valence-corrected chi connectivity index (χ3v) is 4.56. The van der Waals surface area contributed by atoms with E-state index in [4.69, 9.17) is 0 Å². The number of hydrogen-bond acceptors (Lipinski definition) is 3. The first-order chi connectivity index (χ1) is 11.1. The second-order valence-corrected chi connectivity index (χ2v) is 6.08. The van der Waals surface area contributed by atoms with Gasteiger partial charge in [-0.25, -0.2) is 4.79 Å². The van der Waals surface area contributed by atoms with Gasteiger partial charge in [-0.15, -0.1) is 0 Å². The summed E-state index contributed by atoms with van der Waals surface area (Å²) in [5.41, 5.74) is 4.22. The van der Waals surface area contributed by atoms with Crippen molar-refractivity contribution in [3.8, 4) is 0 Å². The molecule has 1 aromatic heterocycles. The SMILES string of the molecule is Cc1ccccc1C1CCN(C(=O)Nc2ccnnc2C)CC1. The highest BCUT2D eigenvalue weighted by Crippen LogP contribution is 2.30. The summed E-state index contributed by atoms with van der Waals surface area (Å²) in [5.74, 6) is 0.546. The van der Waals surface area contributed by atoms with Gasteiger partial charge >= 0.3 is 6.03 Å². The number of nitrogens with one attached hydrogen (secondary N) is 1. The first kappa shape index (κ1) is 15.5. The molecule has 0 spiro atoms. The largest absolute Gasteiger partial charge is 0.324 e. The van der Waals surface area contributed by atoms with Crippen LogP contribution in [0.5, 0.6) is 0 Å². The number of aryl methyl sites for hydroxylation is 2. The van der Waals surface area contributed by atoms with Crippen LogP contribution in [0.15, 0.2) is 36.5 Å². The number of carbonyl (C=O) groups excluding carboxylic acids is 1. The topological polar surface area (TPSA) is 58.1 Å². The Hall–Kier alpha value is -2.43. The summed E-state index contributed by atoms with van der Waals surface area (Å²) in [4.78, 5) is 14.3. The average Bonchev–Trinajstić information content (AvgIpc) is 2.57. The summed E-state index contributed by atoms with van der Waals surface area (Å²) < 4.78 is 0. The first-order valence-corrected chi connectivity index (χ1v) is 8.05. The van der Waals surface area contributed by atoms with Crippen molar-refractivity contribution >= 4 is 11.7 Å². The van der Waals surface area contributed by atoms with Gasteiger partial charge in [0.25, 0.3) is 0 Å². The fraction of sp³-hybridized carbons (Fsp3) is 0.389. The summed E-state index contributed by atoms with van der Waals surface area (Å²) in [7, 11) is 0. The molecule has 0 bridgehead atoms. The van der Waals surface area contributed by atoms with Crippen LogP contribution in [0, 0.1) is 13.8 Å². The maximum absolute atomic E-state index is 12.4. The molecule has 1 saturated heterocycles. The van der Waals surface area contributed by atoms with Gasteiger partial charge < -0.3 is 10.2 Å². The van der Waals surface area contributed by atoms with Crippen LogP contribution in [-0.2, 0) is 0 Å². The van der Waals surface area contributed by atoms with Crippen LogP contribution in [0.1, 0.15) is 35.6 Å². The molecule has 5 nitrogen and oxygen atoms in total. The number of amides is 2. The van der Waals surface area contributed by atoms with Gasteiger partial charge in [0, 0.05) is 13.1 Å². The zero-order valence-corrected chi connectivity index (χ0v) is 13.6. The lowest BCUT2D eigenvalue weighted by molar-refractivity contribution is 0.194. The van der Waals surface area contributed by atoms with Crippen LogP contribution in [0.2, 0.25) is 0 Å². The summed E-state index contributed by atoms with van der Waals surface area (Å²) in [6, 6.07) is 10.3. The number of anilines is 1. The predicted molar refractivity (Wildman–Crippen MR) is 90.5 cm³/mol. The molecule has 2 heterocycles. The molecule has 0 aliphatic carbocycles. The highest BCUT2D eigenvalue weighted by atomic mass is 16.2. The van der Waals surface area contributed by atoms with Crippen molar-refractivity contribution in [2.45, 2.75) is 32.6 Å². The van der Waals surface area contributed by atoms with E-state index in [1.54, 1.807) is 12.3 Å². The second-order valence-electron chi connectivity index (χ2n) is 6.08. The van der Waals surface area contributed by atoms with E-state index in [2.05, 4.69) is 46.7 Å². The Kier molecular flexibility index (Phi) is 4.55. The van der Waals surface area contributed by atoms with Gasteiger partial charge in [0.15, 0.2) is 0 Å². The number of benzene rings is 1. The highest BCUT2D eigenvalue weighted by Gasteiger charge is 2.24. The maximum atomic E-state index is 12.4. The number of likely N-dealkylation sites (tertiary alicyclic amines) is 1. The van der Waals surface area contributed by atoms with Crippen molar-refractivity contribution in [2.75, 3.05) is 18.4 Å². The molecule has 1 aromatic carbocycles. The molecular weight excluding hydrogens is 288 g/mol. The Morgan fingerprint density at radius 2 is 1.91 bits per heavy atom. The van der Waals surface area contributed by atoms with Gasteiger partial charge in [-0.3, -0.25) is 0 Å². The van der Waals surface area contributed by atoms with Crippen molar-refractivity contribution in [3.05, 3.63) is 53.3 Å². The lowest BCUT2D eigenvalue weighted by atomic mass is 9.87. The van der Waals surface area contributed by atoms with E-state index in [1.165, 1.54) is 11.1 Å². The molecule has 0 atom stereocenters. The Morgan fingerprint density at radius 1 is 1.17 bits per heavy atom. The fourth-order valence-corrected chi connectivity index (χ4v) is 3.17. The molecular formula is C18H22N4O. The molecule has 0 radical (unpaired) electrons. The molecule has 120 valence electrons. The maximum Gasteiger partial charge on any atom is 0.321 e. The molecule has 0 unspecified atom stereocenters. The van der Waals surface area contributed by atoms with E-state index in [0.29, 0.717) is 5.92 Å². The summed E-state index contributed by atoms with van der Waals surface area (Å²) in [5, 5.41) is 10.7. The average molecular weight is 310 g/mol. The van der Waals surface area contributed by atoms with Crippen LogP contribution in [0.25, 0.3) is 0 Å². The third kappa shape index (κ3) is 3.50. The van der Waals surface area contributed by atoms with Crippen LogP contribution in [-0.4, -0.2) is 34.2 Å². The Bertz CT molecular complexity index is 693. The molecule has 0 saturated carbocycles. The van der Waals surface area contributed by atoms with Crippen molar-refractivity contribution in [1.82, 2.24) is 15.1 Å². The van der Waals surface area contributed by atoms with E-state index >= 15 is 0 Å². The van der Waals surface area contributed by atoms with Gasteiger partial charge in [0.1, 0.15) is 0 Å². The summed E-state index contributed by atoms with van der Waals surface area (Å²) in [6.07, 6.45) is 3.60. The monoisotopic (exact) mass is 310 g/mol. The number of hydrogen-bond donors (Lipinski definition) is 1. The smallest absolute Gasteiger partial charge is 0.321 e. The standard InChI is InChI=1S/C18H22N4O/c1-13-5-3-4-6-16(13)15-8-11-22(12-9-15)18(23)20-17-7-10-19-21-14(17)2/h3-7,10,15H,8-9,11-12H2,1-2H3,(H,19,20,23). The number of carbonyl (C=O) groups is 1. The van der Waals surface area contributed by atoms with E-state index in [1.807, 2.05) is 11.8 Å². The van der Waals surface area contributed by atoms with Gasteiger partial charge in [-0.1, -0.05) is 24.3 Å². The lowest BCUT2D eigenvalue weighted by Gasteiger charge is -2.32. The summed E-state index contributed by atoms with van der Waals surface area (Å²) >= 11 is 0. The molecule has 1 aliphatic heterocycles. The normalized spacial score (nSPS) is 15.5. The number of nitrogens with zero attached hydrogens (tertiary/aromatic N) is 3. The van der Waals surface area contributed by atoms with Gasteiger partial charge in [0.2, 0.25) is 0 Å². The van der Waals surface area contributed by atoms with E-state index in [0.717, 1.165) is 37.3 Å². The summed E-state index contributed by atoms with van der Waals surface area (Å²) in [6.45, 7) is 5.56. The quantitative estimate of drug-likeness (QED) is 0.923. The van der Waals surface area contributed by atoms with E-state index in [-0.39, 0.29) is 6.03 Å². The van der Waals surface area contributed by atoms with Crippen LogP contribution in [0.4, 0.5) is 10.5 Å². The molecule has 1 aliphatic rings.